The van der Waals surface area contributed by atoms with E-state index in [1.807, 2.05) is 32.0 Å². The standard InChI is InChI=1S/C24H26N4O.C2H6/c29-24-19-7-4-8-21-23(19)20(25-28(21)15-17-5-2-1-3-6-17)11-14-27(24)22-16-26-12-9-18(22)10-13-26;1-2/h1-8,18,22H,9-16H2;1-2H3. The summed E-state index contributed by atoms with van der Waals surface area (Å²) in [6.07, 6.45) is 3.30. The smallest absolute Gasteiger partial charge is 0.254 e. The number of nitrogens with zero attached hydrogens (tertiary/aromatic N) is 4. The molecule has 2 bridgehead atoms. The van der Waals surface area contributed by atoms with E-state index in [1.165, 1.54) is 31.5 Å². The molecule has 1 aromatic heterocycles. The molecule has 0 N–H and O–H groups in total. The Morgan fingerprint density at radius 3 is 2.45 bits per heavy atom. The molecular weight excluding hydrogens is 384 g/mol. The lowest BCUT2D eigenvalue weighted by atomic mass is 9.83. The lowest BCUT2D eigenvalue weighted by Crippen LogP contribution is -2.58. The highest BCUT2D eigenvalue weighted by atomic mass is 16.2. The first-order chi connectivity index (χ1) is 15.3. The minimum Gasteiger partial charge on any atom is -0.334 e. The molecule has 1 unspecified atom stereocenters. The van der Waals surface area contributed by atoms with E-state index in [9.17, 15) is 4.79 Å². The molecule has 3 aromatic rings. The van der Waals surface area contributed by atoms with Crippen LogP contribution in [0.5, 0.6) is 0 Å². The molecule has 162 valence electrons. The van der Waals surface area contributed by atoms with Gasteiger partial charge in [-0.05, 0) is 49.5 Å². The first kappa shape index (κ1) is 20.3. The van der Waals surface area contributed by atoms with Crippen LogP contribution in [0.4, 0.5) is 0 Å². The summed E-state index contributed by atoms with van der Waals surface area (Å²) in [4.78, 5) is 18.3. The van der Waals surface area contributed by atoms with Gasteiger partial charge >= 0.3 is 0 Å². The van der Waals surface area contributed by atoms with Crippen LogP contribution in [-0.4, -0.2) is 57.7 Å². The van der Waals surface area contributed by atoms with Crippen molar-refractivity contribution in [2.75, 3.05) is 26.2 Å². The van der Waals surface area contributed by atoms with Crippen molar-refractivity contribution < 1.29 is 4.79 Å². The number of amides is 1. The number of fused-ring (bicyclic) bond motifs is 3. The maximum atomic E-state index is 13.6. The topological polar surface area (TPSA) is 41.4 Å². The minimum absolute atomic E-state index is 0.201. The van der Waals surface area contributed by atoms with Gasteiger partial charge in [-0.25, -0.2) is 0 Å². The molecule has 3 fully saturated rings. The molecule has 5 nitrogen and oxygen atoms in total. The number of aromatic nitrogens is 2. The summed E-state index contributed by atoms with van der Waals surface area (Å²) in [5.41, 5.74) is 4.21. The molecule has 5 heteroatoms. The molecule has 4 aliphatic heterocycles. The lowest BCUT2D eigenvalue weighted by Gasteiger charge is -2.49. The van der Waals surface area contributed by atoms with Crippen LogP contribution < -0.4 is 0 Å². The fourth-order valence-corrected chi connectivity index (χ4v) is 5.62. The van der Waals surface area contributed by atoms with Crippen molar-refractivity contribution in [2.45, 2.75) is 45.7 Å². The van der Waals surface area contributed by atoms with E-state index in [4.69, 9.17) is 5.10 Å². The van der Waals surface area contributed by atoms with Gasteiger partial charge in [-0.15, -0.1) is 0 Å². The number of rotatable bonds is 3. The molecule has 0 aliphatic carbocycles. The van der Waals surface area contributed by atoms with Gasteiger partial charge in [0.25, 0.3) is 5.91 Å². The highest BCUT2D eigenvalue weighted by Gasteiger charge is 2.40. The van der Waals surface area contributed by atoms with Crippen LogP contribution in [0.15, 0.2) is 48.5 Å². The normalized spacial score (nSPS) is 24.6. The summed E-state index contributed by atoms with van der Waals surface area (Å²) in [6.45, 7) is 8.95. The number of carbonyl (C=O) groups excluding carboxylic acids is 1. The average Bonchev–Trinajstić information content (AvgIpc) is 3.12. The fraction of sp³-hybridized carbons (Fsp3) is 0.462. The third-order valence-corrected chi connectivity index (χ3v) is 7.13. The molecule has 0 radical (unpaired) electrons. The third-order valence-electron chi connectivity index (χ3n) is 7.13. The first-order valence-electron chi connectivity index (χ1n) is 11.8. The van der Waals surface area contributed by atoms with Crippen molar-refractivity contribution in [1.82, 2.24) is 19.6 Å². The van der Waals surface area contributed by atoms with Gasteiger partial charge in [0.05, 0.1) is 23.3 Å². The quantitative estimate of drug-likeness (QED) is 0.642. The van der Waals surface area contributed by atoms with E-state index in [-0.39, 0.29) is 5.91 Å². The second-order valence-electron chi connectivity index (χ2n) is 8.74. The summed E-state index contributed by atoms with van der Waals surface area (Å²) >= 11 is 0. The van der Waals surface area contributed by atoms with Crippen molar-refractivity contribution >= 4 is 16.8 Å². The Morgan fingerprint density at radius 1 is 0.968 bits per heavy atom. The Kier molecular flexibility index (Phi) is 5.53. The number of benzene rings is 2. The van der Waals surface area contributed by atoms with Gasteiger partial charge in [0.15, 0.2) is 0 Å². The Balaban J connectivity index is 0.000000994. The van der Waals surface area contributed by atoms with Gasteiger partial charge in [-0.2, -0.15) is 5.10 Å². The summed E-state index contributed by atoms with van der Waals surface area (Å²) in [6, 6.07) is 16.9. The molecular formula is C26H32N4O. The van der Waals surface area contributed by atoms with Crippen molar-refractivity contribution in [2.24, 2.45) is 5.92 Å². The van der Waals surface area contributed by atoms with Crippen LogP contribution in [0.25, 0.3) is 10.9 Å². The fourth-order valence-electron chi connectivity index (χ4n) is 5.62. The summed E-state index contributed by atoms with van der Waals surface area (Å²) in [5.74, 6) is 0.860. The number of piperidine rings is 3. The van der Waals surface area contributed by atoms with Gasteiger partial charge in [0.1, 0.15) is 0 Å². The Hall–Kier alpha value is -2.66. The zero-order chi connectivity index (χ0) is 21.4. The number of hydrogen-bond donors (Lipinski definition) is 0. The summed E-state index contributed by atoms with van der Waals surface area (Å²) in [5, 5.41) is 6.03. The molecule has 4 aliphatic rings. The lowest BCUT2D eigenvalue weighted by molar-refractivity contribution is 0.00820. The van der Waals surface area contributed by atoms with E-state index in [2.05, 4.69) is 44.8 Å². The van der Waals surface area contributed by atoms with E-state index >= 15 is 0 Å². The third kappa shape index (κ3) is 3.55. The average molecular weight is 417 g/mol. The largest absolute Gasteiger partial charge is 0.334 e. The highest BCUT2D eigenvalue weighted by Crippen LogP contribution is 2.35. The molecule has 0 spiro atoms. The second-order valence-corrected chi connectivity index (χ2v) is 8.74. The monoisotopic (exact) mass is 416 g/mol. The van der Waals surface area contributed by atoms with Gasteiger partial charge in [0.2, 0.25) is 0 Å². The predicted octanol–water partition coefficient (Wildman–Crippen LogP) is 4.20. The first-order valence-corrected chi connectivity index (χ1v) is 11.8. The number of hydrogen-bond acceptors (Lipinski definition) is 3. The Labute approximate surface area is 184 Å². The van der Waals surface area contributed by atoms with Crippen LogP contribution in [0.2, 0.25) is 0 Å². The molecule has 2 aromatic carbocycles. The zero-order valence-corrected chi connectivity index (χ0v) is 18.6. The predicted molar refractivity (Wildman–Crippen MR) is 124 cm³/mol. The Morgan fingerprint density at radius 2 is 1.74 bits per heavy atom. The maximum Gasteiger partial charge on any atom is 0.254 e. The highest BCUT2D eigenvalue weighted by molar-refractivity contribution is 6.08. The van der Waals surface area contributed by atoms with Gasteiger partial charge < -0.3 is 9.80 Å². The molecule has 0 saturated carbocycles. The zero-order valence-electron chi connectivity index (χ0n) is 18.6. The van der Waals surface area contributed by atoms with Crippen LogP contribution in [0.3, 0.4) is 0 Å². The van der Waals surface area contributed by atoms with E-state index in [0.717, 1.165) is 48.2 Å². The van der Waals surface area contributed by atoms with Crippen LogP contribution in [0, 0.1) is 5.92 Å². The number of carbonyl (C=O) groups is 1. The molecule has 3 saturated heterocycles. The van der Waals surface area contributed by atoms with Gasteiger partial charge in [-0.1, -0.05) is 50.2 Å². The molecule has 7 rings (SSSR count). The SMILES string of the molecule is CC.O=C1c2cccc3c2c(nn3Cc2ccccc2)CCN1C1CN2CCC1CC2. The van der Waals surface area contributed by atoms with Gasteiger partial charge in [0, 0.05) is 30.9 Å². The van der Waals surface area contributed by atoms with E-state index in [0.29, 0.717) is 12.0 Å². The van der Waals surface area contributed by atoms with Crippen LogP contribution in [-0.2, 0) is 13.0 Å². The van der Waals surface area contributed by atoms with Crippen molar-refractivity contribution in [3.05, 3.63) is 65.4 Å². The molecule has 1 atom stereocenters. The second kappa shape index (κ2) is 8.46. The van der Waals surface area contributed by atoms with Crippen molar-refractivity contribution in [3.8, 4) is 0 Å². The molecule has 1 amide bonds. The van der Waals surface area contributed by atoms with E-state index < -0.39 is 0 Å². The molecule has 31 heavy (non-hydrogen) atoms. The Bertz CT molecular complexity index is 1070. The molecule has 5 heterocycles. The van der Waals surface area contributed by atoms with Crippen molar-refractivity contribution in [3.63, 3.8) is 0 Å². The maximum absolute atomic E-state index is 13.6. The summed E-state index contributed by atoms with van der Waals surface area (Å²) in [7, 11) is 0. The van der Waals surface area contributed by atoms with Crippen LogP contribution >= 0.6 is 0 Å². The van der Waals surface area contributed by atoms with Crippen molar-refractivity contribution in [1.29, 1.82) is 0 Å². The van der Waals surface area contributed by atoms with Gasteiger partial charge in [-0.3, -0.25) is 9.48 Å². The van der Waals surface area contributed by atoms with Crippen LogP contribution in [0.1, 0.15) is 48.3 Å². The van der Waals surface area contributed by atoms with E-state index in [1.54, 1.807) is 0 Å². The minimum atomic E-state index is 0.201. The summed E-state index contributed by atoms with van der Waals surface area (Å²) < 4.78 is 2.07.